The van der Waals surface area contributed by atoms with E-state index in [1.165, 1.54) is 17.4 Å². The Labute approximate surface area is 120 Å². The van der Waals surface area contributed by atoms with Crippen molar-refractivity contribution in [1.29, 1.82) is 0 Å². The summed E-state index contributed by atoms with van der Waals surface area (Å²) in [5.74, 6) is -0.0576. The molecule has 1 fully saturated rings. The lowest BCUT2D eigenvalue weighted by Gasteiger charge is -2.31. The maximum Gasteiger partial charge on any atom is 0.197 e. The van der Waals surface area contributed by atoms with Gasteiger partial charge in [0.1, 0.15) is 4.84 Å². The molecular weight excluding hydrogens is 293 g/mol. The Morgan fingerprint density at radius 2 is 2.17 bits per heavy atom. The molecule has 1 aromatic rings. The molecule has 98 valence electrons. The summed E-state index contributed by atoms with van der Waals surface area (Å²) in [4.78, 5) is 14.0. The van der Waals surface area contributed by atoms with Crippen molar-refractivity contribution >= 4 is 40.3 Å². The zero-order valence-corrected chi connectivity index (χ0v) is 12.0. The van der Waals surface area contributed by atoms with Crippen molar-refractivity contribution in [3.63, 3.8) is 0 Å². The van der Waals surface area contributed by atoms with E-state index in [4.69, 9.17) is 27.9 Å². The smallest absolute Gasteiger partial charge is 0.197 e. The summed E-state index contributed by atoms with van der Waals surface area (Å²) in [6, 6.07) is 3.64. The summed E-state index contributed by atoms with van der Waals surface area (Å²) in [5, 5.41) is 1.87. The quantitative estimate of drug-likeness (QED) is 0.486. The van der Waals surface area contributed by atoms with Crippen LogP contribution in [0.3, 0.4) is 0 Å². The first-order valence-electron chi connectivity index (χ1n) is 5.59. The second-order valence-corrected chi connectivity index (χ2v) is 5.85. The van der Waals surface area contributed by atoms with Crippen LogP contribution in [-0.2, 0) is 4.74 Å². The number of halogens is 2. The zero-order chi connectivity index (χ0) is 13.0. The molecule has 0 aliphatic carbocycles. The average Bonchev–Trinajstić information content (AvgIpc) is 2.90. The monoisotopic (exact) mass is 305 g/mol. The molecule has 0 bridgehead atoms. The third-order valence-electron chi connectivity index (χ3n) is 2.64. The van der Waals surface area contributed by atoms with Gasteiger partial charge in [-0.25, -0.2) is 0 Å². The largest absolute Gasteiger partial charge is 0.378 e. The molecule has 0 radical (unpaired) electrons. The molecule has 0 N–H and O–H groups in total. The molecular formula is C12H13Cl2NO2S. The van der Waals surface area contributed by atoms with Gasteiger partial charge in [-0.1, -0.05) is 29.3 Å². The molecule has 6 heteroatoms. The molecule has 0 unspecified atom stereocenters. The SMILES string of the molecule is O=C(C=C(C(Cl)Cl)N1CCOCC1)c1cccs1. The summed E-state index contributed by atoms with van der Waals surface area (Å²) in [7, 11) is 0. The topological polar surface area (TPSA) is 29.5 Å². The highest BCUT2D eigenvalue weighted by Crippen LogP contribution is 2.21. The van der Waals surface area contributed by atoms with Crippen LogP contribution in [0.1, 0.15) is 9.67 Å². The van der Waals surface area contributed by atoms with Gasteiger partial charge in [-0.3, -0.25) is 4.79 Å². The van der Waals surface area contributed by atoms with E-state index in [-0.39, 0.29) is 5.78 Å². The summed E-state index contributed by atoms with van der Waals surface area (Å²) in [6.07, 6.45) is 1.53. The van der Waals surface area contributed by atoms with Gasteiger partial charge in [-0.2, -0.15) is 0 Å². The Morgan fingerprint density at radius 1 is 1.44 bits per heavy atom. The number of rotatable bonds is 4. The Bertz CT molecular complexity index is 425. The Hall–Kier alpha value is -0.550. The third kappa shape index (κ3) is 3.48. The maximum absolute atomic E-state index is 12.0. The highest BCUT2D eigenvalue weighted by atomic mass is 35.5. The summed E-state index contributed by atoms with van der Waals surface area (Å²) in [6.45, 7) is 2.68. The van der Waals surface area contributed by atoms with Gasteiger partial charge in [0.15, 0.2) is 5.78 Å². The van der Waals surface area contributed by atoms with Crippen molar-refractivity contribution in [2.24, 2.45) is 0 Å². The highest BCUT2D eigenvalue weighted by Gasteiger charge is 2.20. The molecule has 0 saturated carbocycles. The van der Waals surface area contributed by atoms with E-state index in [9.17, 15) is 4.79 Å². The molecule has 18 heavy (non-hydrogen) atoms. The van der Waals surface area contributed by atoms with E-state index < -0.39 is 4.84 Å². The second-order valence-electron chi connectivity index (χ2n) is 3.81. The molecule has 3 nitrogen and oxygen atoms in total. The van der Waals surface area contributed by atoms with Gasteiger partial charge < -0.3 is 9.64 Å². The van der Waals surface area contributed by atoms with E-state index in [2.05, 4.69) is 0 Å². The number of hydrogen-bond acceptors (Lipinski definition) is 4. The Kier molecular flexibility index (Phi) is 5.06. The standard InChI is InChI=1S/C12H13Cl2NO2S/c13-12(14)9(15-3-5-17-6-4-15)8-10(16)11-2-1-7-18-11/h1-2,7-8,12H,3-6H2. The summed E-state index contributed by atoms with van der Waals surface area (Å²) in [5.41, 5.74) is 0.653. The second kappa shape index (κ2) is 6.57. The normalized spacial score (nSPS) is 17.3. The van der Waals surface area contributed by atoms with Gasteiger partial charge >= 0.3 is 0 Å². The number of hydrogen-bond donors (Lipinski definition) is 0. The number of carbonyl (C=O) groups is 1. The third-order valence-corrected chi connectivity index (χ3v) is 3.97. The fourth-order valence-electron chi connectivity index (χ4n) is 1.74. The number of morpholine rings is 1. The van der Waals surface area contributed by atoms with Crippen LogP contribution in [0.2, 0.25) is 0 Å². The number of ether oxygens (including phenoxy) is 1. The maximum atomic E-state index is 12.0. The molecule has 2 heterocycles. The minimum atomic E-state index is -0.702. The number of ketones is 1. The molecule has 1 saturated heterocycles. The van der Waals surface area contributed by atoms with Gasteiger partial charge in [0, 0.05) is 19.2 Å². The Morgan fingerprint density at radius 3 is 2.72 bits per heavy atom. The first-order valence-corrected chi connectivity index (χ1v) is 7.34. The number of carbonyl (C=O) groups excluding carboxylic acids is 1. The predicted molar refractivity (Wildman–Crippen MR) is 74.6 cm³/mol. The number of allylic oxidation sites excluding steroid dienone is 2. The number of alkyl halides is 2. The lowest BCUT2D eigenvalue weighted by Crippen LogP contribution is -2.37. The van der Waals surface area contributed by atoms with Gasteiger partial charge in [0.05, 0.1) is 23.8 Å². The molecule has 0 amide bonds. The molecule has 1 aliphatic rings. The van der Waals surface area contributed by atoms with Crippen LogP contribution in [0, 0.1) is 0 Å². The summed E-state index contributed by atoms with van der Waals surface area (Å²) < 4.78 is 5.27. The lowest BCUT2D eigenvalue weighted by atomic mass is 10.2. The van der Waals surface area contributed by atoms with Crippen molar-refractivity contribution in [2.75, 3.05) is 26.3 Å². The molecule has 2 rings (SSSR count). The molecule has 0 atom stereocenters. The lowest BCUT2D eigenvalue weighted by molar-refractivity contribution is 0.0531. The van der Waals surface area contributed by atoms with E-state index in [1.807, 2.05) is 16.3 Å². The fraction of sp³-hybridized carbons (Fsp3) is 0.417. The summed E-state index contributed by atoms with van der Waals surface area (Å²) >= 11 is 13.3. The minimum absolute atomic E-state index is 0.0576. The van der Waals surface area contributed by atoms with E-state index in [0.29, 0.717) is 36.9 Å². The zero-order valence-electron chi connectivity index (χ0n) is 9.64. The van der Waals surface area contributed by atoms with E-state index in [0.717, 1.165) is 0 Å². The molecule has 1 aromatic heterocycles. The van der Waals surface area contributed by atoms with Crippen LogP contribution >= 0.6 is 34.5 Å². The first-order chi connectivity index (χ1) is 8.68. The molecule has 0 aromatic carbocycles. The highest BCUT2D eigenvalue weighted by molar-refractivity contribution is 7.12. The molecule has 0 spiro atoms. The van der Waals surface area contributed by atoms with Gasteiger partial charge in [-0.15, -0.1) is 11.3 Å². The van der Waals surface area contributed by atoms with Crippen LogP contribution < -0.4 is 0 Å². The van der Waals surface area contributed by atoms with Gasteiger partial charge in [0.2, 0.25) is 0 Å². The minimum Gasteiger partial charge on any atom is -0.378 e. The number of nitrogens with zero attached hydrogens (tertiary/aromatic N) is 1. The van der Waals surface area contributed by atoms with Crippen molar-refractivity contribution in [3.05, 3.63) is 34.2 Å². The van der Waals surface area contributed by atoms with Crippen LogP contribution in [0.15, 0.2) is 29.3 Å². The number of thiophene rings is 1. The predicted octanol–water partition coefficient (Wildman–Crippen LogP) is 2.95. The fourth-order valence-corrected chi connectivity index (χ4v) is 2.78. The van der Waals surface area contributed by atoms with Crippen LogP contribution in [0.4, 0.5) is 0 Å². The van der Waals surface area contributed by atoms with Crippen molar-refractivity contribution in [3.8, 4) is 0 Å². The van der Waals surface area contributed by atoms with E-state index in [1.54, 1.807) is 6.07 Å². The van der Waals surface area contributed by atoms with Crippen LogP contribution in [0.5, 0.6) is 0 Å². The van der Waals surface area contributed by atoms with Gasteiger partial charge in [0.25, 0.3) is 0 Å². The van der Waals surface area contributed by atoms with Crippen molar-refractivity contribution in [2.45, 2.75) is 4.84 Å². The average molecular weight is 306 g/mol. The van der Waals surface area contributed by atoms with Gasteiger partial charge in [-0.05, 0) is 11.4 Å². The van der Waals surface area contributed by atoms with Crippen LogP contribution in [-0.4, -0.2) is 41.8 Å². The van der Waals surface area contributed by atoms with Crippen molar-refractivity contribution < 1.29 is 9.53 Å². The van der Waals surface area contributed by atoms with Crippen molar-refractivity contribution in [1.82, 2.24) is 4.90 Å². The van der Waals surface area contributed by atoms with Crippen LogP contribution in [0.25, 0.3) is 0 Å². The van der Waals surface area contributed by atoms with E-state index >= 15 is 0 Å². The first kappa shape index (κ1) is 13.9. The molecule has 1 aliphatic heterocycles. The Balaban J connectivity index is 2.16.